The zero-order valence-electron chi connectivity index (χ0n) is 10.6. The summed E-state index contributed by atoms with van der Waals surface area (Å²) < 4.78 is 28.4. The zero-order chi connectivity index (χ0) is 14.0. The van der Waals surface area contributed by atoms with Gasteiger partial charge in [0.1, 0.15) is 4.21 Å². The molecule has 1 heterocycles. The van der Waals surface area contributed by atoms with Crippen LogP contribution in [0.5, 0.6) is 0 Å². The minimum atomic E-state index is -3.51. The number of halogens is 1. The molecule has 0 fully saturated rings. The number of thiophene rings is 1. The average molecular weight is 360 g/mol. The minimum absolute atomic E-state index is 0.310. The maximum Gasteiger partial charge on any atom is 0.271 e. The van der Waals surface area contributed by atoms with Crippen molar-refractivity contribution in [3.63, 3.8) is 0 Å². The smallest absolute Gasteiger partial charge is 0.271 e. The fourth-order valence-electron chi connectivity index (χ4n) is 1.80. The van der Waals surface area contributed by atoms with Gasteiger partial charge >= 0.3 is 0 Å². The SMILES string of the molecule is CCc1cccc(C)c1NS(=O)(=O)c1ccc(Br)s1. The van der Waals surface area contributed by atoms with E-state index in [4.69, 9.17) is 0 Å². The van der Waals surface area contributed by atoms with E-state index in [2.05, 4.69) is 20.7 Å². The molecule has 0 aliphatic rings. The summed E-state index contributed by atoms with van der Waals surface area (Å²) in [5.41, 5.74) is 2.62. The molecule has 0 aliphatic carbocycles. The summed E-state index contributed by atoms with van der Waals surface area (Å²) >= 11 is 4.48. The van der Waals surface area contributed by atoms with Crippen molar-refractivity contribution in [2.24, 2.45) is 0 Å². The number of hydrogen-bond acceptors (Lipinski definition) is 3. The molecule has 0 bridgehead atoms. The summed E-state index contributed by atoms with van der Waals surface area (Å²) in [5, 5.41) is 0. The molecule has 0 radical (unpaired) electrons. The molecule has 2 aromatic rings. The Kier molecular flexibility index (Phi) is 4.32. The molecule has 6 heteroatoms. The van der Waals surface area contributed by atoms with Crippen molar-refractivity contribution in [1.82, 2.24) is 0 Å². The van der Waals surface area contributed by atoms with Crippen LogP contribution in [-0.4, -0.2) is 8.42 Å². The summed E-state index contributed by atoms with van der Waals surface area (Å²) in [7, 11) is -3.51. The molecule has 2 rings (SSSR count). The summed E-state index contributed by atoms with van der Waals surface area (Å²) in [6.07, 6.45) is 0.785. The predicted molar refractivity (Wildman–Crippen MR) is 83.4 cm³/mol. The number of benzene rings is 1. The second-order valence-corrected chi connectivity index (χ2v) is 8.50. The minimum Gasteiger partial charge on any atom is -0.278 e. The van der Waals surface area contributed by atoms with Gasteiger partial charge in [0.15, 0.2) is 0 Å². The molecule has 0 saturated carbocycles. The van der Waals surface area contributed by atoms with E-state index in [0.29, 0.717) is 9.90 Å². The fourth-order valence-corrected chi connectivity index (χ4v) is 4.98. The Morgan fingerprint density at radius 2 is 2.00 bits per heavy atom. The van der Waals surface area contributed by atoms with Gasteiger partial charge in [-0.15, -0.1) is 11.3 Å². The molecule has 3 nitrogen and oxygen atoms in total. The highest BCUT2D eigenvalue weighted by molar-refractivity contribution is 9.11. The van der Waals surface area contributed by atoms with Crippen molar-refractivity contribution in [3.8, 4) is 0 Å². The maximum atomic E-state index is 12.3. The number of anilines is 1. The molecular weight excluding hydrogens is 346 g/mol. The second kappa shape index (κ2) is 5.64. The monoisotopic (exact) mass is 359 g/mol. The van der Waals surface area contributed by atoms with Crippen LogP contribution in [0.15, 0.2) is 38.3 Å². The normalized spacial score (nSPS) is 11.5. The second-order valence-electron chi connectivity index (χ2n) is 4.13. The van der Waals surface area contributed by atoms with Gasteiger partial charge in [-0.3, -0.25) is 4.72 Å². The van der Waals surface area contributed by atoms with Gasteiger partial charge in [-0.05, 0) is 52.5 Å². The summed E-state index contributed by atoms with van der Waals surface area (Å²) in [5.74, 6) is 0. The van der Waals surface area contributed by atoms with Crippen LogP contribution >= 0.6 is 27.3 Å². The average Bonchev–Trinajstić information content (AvgIpc) is 2.79. The lowest BCUT2D eigenvalue weighted by Gasteiger charge is -2.13. The van der Waals surface area contributed by atoms with E-state index in [9.17, 15) is 8.42 Å². The third-order valence-corrected chi connectivity index (χ3v) is 6.26. The number of nitrogens with one attached hydrogen (secondary N) is 1. The van der Waals surface area contributed by atoms with E-state index in [1.54, 1.807) is 12.1 Å². The van der Waals surface area contributed by atoms with Gasteiger partial charge in [0.2, 0.25) is 0 Å². The Morgan fingerprint density at radius 1 is 1.26 bits per heavy atom. The van der Waals surface area contributed by atoms with Crippen molar-refractivity contribution in [2.75, 3.05) is 4.72 Å². The molecule has 0 aliphatic heterocycles. The summed E-state index contributed by atoms with van der Waals surface area (Å²) in [6.45, 7) is 3.91. The maximum absolute atomic E-state index is 12.3. The van der Waals surface area contributed by atoms with Crippen LogP contribution in [0.4, 0.5) is 5.69 Å². The number of hydrogen-bond donors (Lipinski definition) is 1. The first kappa shape index (κ1) is 14.6. The third-order valence-electron chi connectivity index (χ3n) is 2.79. The van der Waals surface area contributed by atoms with Crippen LogP contribution in [0.3, 0.4) is 0 Å². The zero-order valence-corrected chi connectivity index (χ0v) is 13.8. The standard InChI is InChI=1S/C13H14BrNO2S2/c1-3-10-6-4-5-9(2)13(10)15-19(16,17)12-8-7-11(14)18-12/h4-8,15H,3H2,1-2H3. The Balaban J connectivity index is 2.41. The Morgan fingerprint density at radius 3 is 2.58 bits per heavy atom. The van der Waals surface area contributed by atoms with Crippen molar-refractivity contribution in [1.29, 1.82) is 0 Å². The van der Waals surface area contributed by atoms with Crippen molar-refractivity contribution < 1.29 is 8.42 Å². The van der Waals surface area contributed by atoms with Gasteiger partial charge in [-0.2, -0.15) is 0 Å². The molecule has 19 heavy (non-hydrogen) atoms. The summed E-state index contributed by atoms with van der Waals surface area (Å²) in [6, 6.07) is 9.11. The van der Waals surface area contributed by atoms with Crippen molar-refractivity contribution in [3.05, 3.63) is 45.2 Å². The number of sulfonamides is 1. The Bertz CT molecular complexity index is 692. The van der Waals surface area contributed by atoms with E-state index < -0.39 is 10.0 Å². The van der Waals surface area contributed by atoms with Gasteiger partial charge in [0.25, 0.3) is 10.0 Å². The number of aryl methyl sites for hydroxylation is 2. The van der Waals surface area contributed by atoms with Crippen LogP contribution in [-0.2, 0) is 16.4 Å². The highest BCUT2D eigenvalue weighted by Gasteiger charge is 2.18. The first-order valence-corrected chi connectivity index (χ1v) is 8.90. The van der Waals surface area contributed by atoms with Gasteiger partial charge in [0.05, 0.1) is 9.47 Å². The molecule has 102 valence electrons. The Hall–Kier alpha value is -0.850. The molecular formula is C13H14BrNO2S2. The summed E-state index contributed by atoms with van der Waals surface area (Å²) in [4.78, 5) is 0. The fraction of sp³-hybridized carbons (Fsp3) is 0.231. The molecule has 0 saturated heterocycles. The largest absolute Gasteiger partial charge is 0.278 e. The van der Waals surface area contributed by atoms with Crippen LogP contribution < -0.4 is 4.72 Å². The van der Waals surface area contributed by atoms with Crippen LogP contribution in [0.1, 0.15) is 18.1 Å². The van der Waals surface area contributed by atoms with Crippen LogP contribution in [0.2, 0.25) is 0 Å². The molecule has 0 spiro atoms. The number of para-hydroxylation sites is 1. The molecule has 1 N–H and O–H groups in total. The van der Waals surface area contributed by atoms with Gasteiger partial charge in [-0.25, -0.2) is 8.42 Å². The molecule has 0 atom stereocenters. The molecule has 0 amide bonds. The molecule has 0 unspecified atom stereocenters. The Labute approximate surface area is 125 Å². The quantitative estimate of drug-likeness (QED) is 0.889. The highest BCUT2D eigenvalue weighted by atomic mass is 79.9. The van der Waals surface area contributed by atoms with E-state index in [-0.39, 0.29) is 0 Å². The number of rotatable bonds is 4. The predicted octanol–water partition coefficient (Wildman–Crippen LogP) is 4.18. The molecule has 1 aromatic heterocycles. The van der Waals surface area contributed by atoms with Crippen molar-refractivity contribution >= 4 is 43.0 Å². The van der Waals surface area contributed by atoms with E-state index >= 15 is 0 Å². The van der Waals surface area contributed by atoms with E-state index in [1.165, 1.54) is 11.3 Å². The van der Waals surface area contributed by atoms with Crippen LogP contribution in [0.25, 0.3) is 0 Å². The topological polar surface area (TPSA) is 46.2 Å². The first-order valence-electron chi connectivity index (χ1n) is 5.80. The van der Waals surface area contributed by atoms with E-state index in [1.807, 2.05) is 32.0 Å². The van der Waals surface area contributed by atoms with Crippen molar-refractivity contribution in [2.45, 2.75) is 24.5 Å². The first-order chi connectivity index (χ1) is 8.94. The van der Waals surface area contributed by atoms with E-state index in [0.717, 1.165) is 21.3 Å². The third kappa shape index (κ3) is 3.19. The van der Waals surface area contributed by atoms with Gasteiger partial charge < -0.3 is 0 Å². The highest BCUT2D eigenvalue weighted by Crippen LogP contribution is 2.29. The van der Waals surface area contributed by atoms with Gasteiger partial charge in [-0.1, -0.05) is 25.1 Å². The van der Waals surface area contributed by atoms with Crippen LogP contribution in [0, 0.1) is 6.92 Å². The van der Waals surface area contributed by atoms with Gasteiger partial charge in [0, 0.05) is 0 Å². The lowest BCUT2D eigenvalue weighted by Crippen LogP contribution is -2.13. The lowest BCUT2D eigenvalue weighted by molar-refractivity contribution is 0.603. The molecule has 1 aromatic carbocycles. The lowest BCUT2D eigenvalue weighted by atomic mass is 10.1.